The standard InChI is InChI=1S/C12H12Br2O/c1-8(2)3-4-12(15)9-5-10(13)7-11(14)6-9/h5-7H,1,3-4H2,2H3. The summed E-state index contributed by atoms with van der Waals surface area (Å²) < 4.78 is 1.83. The summed E-state index contributed by atoms with van der Waals surface area (Å²) in [5.41, 5.74) is 1.77. The maximum Gasteiger partial charge on any atom is 0.163 e. The van der Waals surface area contributed by atoms with Crippen LogP contribution in [0.2, 0.25) is 0 Å². The van der Waals surface area contributed by atoms with Gasteiger partial charge >= 0.3 is 0 Å². The average molecular weight is 332 g/mol. The van der Waals surface area contributed by atoms with Crippen LogP contribution in [0.4, 0.5) is 0 Å². The van der Waals surface area contributed by atoms with Crippen LogP contribution in [0.15, 0.2) is 39.3 Å². The quantitative estimate of drug-likeness (QED) is 0.574. The van der Waals surface area contributed by atoms with E-state index in [1.165, 1.54) is 0 Å². The van der Waals surface area contributed by atoms with Crippen LogP contribution >= 0.6 is 31.9 Å². The van der Waals surface area contributed by atoms with E-state index < -0.39 is 0 Å². The van der Waals surface area contributed by atoms with Crippen molar-refractivity contribution >= 4 is 37.6 Å². The van der Waals surface area contributed by atoms with Crippen LogP contribution in [0.25, 0.3) is 0 Å². The SMILES string of the molecule is C=C(C)CCC(=O)c1cc(Br)cc(Br)c1. The largest absolute Gasteiger partial charge is 0.294 e. The van der Waals surface area contributed by atoms with E-state index in [0.29, 0.717) is 6.42 Å². The fourth-order valence-corrected chi connectivity index (χ4v) is 2.48. The molecule has 0 radical (unpaired) electrons. The minimum atomic E-state index is 0.153. The highest BCUT2D eigenvalue weighted by Gasteiger charge is 2.07. The number of Topliss-reactive ketones (excluding diaryl/α,β-unsaturated/α-hetero) is 1. The summed E-state index contributed by atoms with van der Waals surface area (Å²) in [6.07, 6.45) is 1.28. The number of benzene rings is 1. The minimum Gasteiger partial charge on any atom is -0.294 e. The maximum absolute atomic E-state index is 11.8. The number of carbonyl (C=O) groups is 1. The second kappa shape index (κ2) is 5.61. The number of halogens is 2. The highest BCUT2D eigenvalue weighted by molar-refractivity contribution is 9.11. The van der Waals surface area contributed by atoms with Crippen molar-refractivity contribution in [1.82, 2.24) is 0 Å². The summed E-state index contributed by atoms with van der Waals surface area (Å²) in [5.74, 6) is 0.153. The van der Waals surface area contributed by atoms with Crippen molar-refractivity contribution in [3.05, 3.63) is 44.9 Å². The highest BCUT2D eigenvalue weighted by atomic mass is 79.9. The van der Waals surface area contributed by atoms with Gasteiger partial charge in [-0.25, -0.2) is 0 Å². The van der Waals surface area contributed by atoms with Crippen LogP contribution in [0.1, 0.15) is 30.1 Å². The van der Waals surface area contributed by atoms with Crippen molar-refractivity contribution in [2.45, 2.75) is 19.8 Å². The van der Waals surface area contributed by atoms with Crippen molar-refractivity contribution in [3.63, 3.8) is 0 Å². The topological polar surface area (TPSA) is 17.1 Å². The van der Waals surface area contributed by atoms with E-state index in [9.17, 15) is 4.79 Å². The Morgan fingerprint density at radius 3 is 2.20 bits per heavy atom. The molecule has 15 heavy (non-hydrogen) atoms. The van der Waals surface area contributed by atoms with E-state index in [4.69, 9.17) is 0 Å². The summed E-state index contributed by atoms with van der Waals surface area (Å²) in [6, 6.07) is 5.59. The summed E-state index contributed by atoms with van der Waals surface area (Å²) in [4.78, 5) is 11.8. The first kappa shape index (κ1) is 12.7. The maximum atomic E-state index is 11.8. The van der Waals surface area contributed by atoms with Gasteiger partial charge in [0.1, 0.15) is 0 Å². The molecule has 0 aliphatic rings. The molecule has 1 nitrogen and oxygen atoms in total. The van der Waals surface area contributed by atoms with Gasteiger partial charge in [0.15, 0.2) is 5.78 Å². The van der Waals surface area contributed by atoms with Crippen LogP contribution in [-0.2, 0) is 0 Å². The van der Waals surface area contributed by atoms with E-state index in [-0.39, 0.29) is 5.78 Å². The Bertz CT molecular complexity index is 376. The van der Waals surface area contributed by atoms with E-state index in [1.807, 2.05) is 25.1 Å². The molecule has 3 heteroatoms. The van der Waals surface area contributed by atoms with Gasteiger partial charge in [0, 0.05) is 20.9 Å². The molecule has 0 saturated carbocycles. The molecule has 0 saturated heterocycles. The monoisotopic (exact) mass is 330 g/mol. The molecule has 0 fully saturated rings. The number of carbonyl (C=O) groups excluding carboxylic acids is 1. The molecule has 1 aromatic carbocycles. The molecule has 1 aromatic rings. The first-order valence-corrected chi connectivity index (χ1v) is 6.21. The summed E-state index contributed by atoms with van der Waals surface area (Å²) >= 11 is 6.72. The first-order valence-electron chi connectivity index (χ1n) is 4.62. The summed E-state index contributed by atoms with van der Waals surface area (Å²) in [6.45, 7) is 5.72. The zero-order valence-electron chi connectivity index (χ0n) is 8.52. The van der Waals surface area contributed by atoms with Gasteiger partial charge in [-0.3, -0.25) is 4.79 Å². The summed E-state index contributed by atoms with van der Waals surface area (Å²) in [5, 5.41) is 0. The van der Waals surface area contributed by atoms with Crippen LogP contribution < -0.4 is 0 Å². The Hall–Kier alpha value is -0.410. The zero-order chi connectivity index (χ0) is 11.4. The molecule has 0 N–H and O–H groups in total. The molecule has 0 aliphatic heterocycles. The predicted molar refractivity (Wildman–Crippen MR) is 70.2 cm³/mol. The molecule has 0 aromatic heterocycles. The van der Waals surface area contributed by atoms with E-state index >= 15 is 0 Å². The number of hydrogen-bond acceptors (Lipinski definition) is 1. The molecule has 0 spiro atoms. The zero-order valence-corrected chi connectivity index (χ0v) is 11.7. The van der Waals surface area contributed by atoms with E-state index in [0.717, 1.165) is 26.5 Å². The molecule has 0 aliphatic carbocycles. The predicted octanol–water partition coefficient (Wildman–Crippen LogP) is 4.75. The van der Waals surface area contributed by atoms with Crippen LogP contribution in [0.3, 0.4) is 0 Å². The molecule has 0 amide bonds. The fraction of sp³-hybridized carbons (Fsp3) is 0.250. The Morgan fingerprint density at radius 1 is 1.20 bits per heavy atom. The minimum absolute atomic E-state index is 0.153. The van der Waals surface area contributed by atoms with Crippen molar-refractivity contribution in [1.29, 1.82) is 0 Å². The molecular formula is C12H12Br2O. The third kappa shape index (κ3) is 4.31. The lowest BCUT2D eigenvalue weighted by atomic mass is 10.0. The van der Waals surface area contributed by atoms with Crippen LogP contribution in [0, 0.1) is 0 Å². The third-order valence-corrected chi connectivity index (χ3v) is 2.88. The van der Waals surface area contributed by atoms with Gasteiger partial charge in [-0.05, 0) is 31.5 Å². The van der Waals surface area contributed by atoms with E-state index in [2.05, 4.69) is 38.4 Å². The number of ketones is 1. The average Bonchev–Trinajstić information content (AvgIpc) is 2.12. The van der Waals surface area contributed by atoms with Gasteiger partial charge < -0.3 is 0 Å². The molecule has 80 valence electrons. The number of allylic oxidation sites excluding steroid dienone is 1. The van der Waals surface area contributed by atoms with Crippen LogP contribution in [-0.4, -0.2) is 5.78 Å². The van der Waals surface area contributed by atoms with E-state index in [1.54, 1.807) is 0 Å². The van der Waals surface area contributed by atoms with Gasteiger partial charge in [-0.1, -0.05) is 37.4 Å². The molecule has 0 heterocycles. The van der Waals surface area contributed by atoms with Crippen molar-refractivity contribution in [2.75, 3.05) is 0 Å². The number of rotatable bonds is 4. The number of hydrogen-bond donors (Lipinski definition) is 0. The second-order valence-corrected chi connectivity index (χ2v) is 5.37. The molecule has 0 unspecified atom stereocenters. The lowest BCUT2D eigenvalue weighted by Crippen LogP contribution is -1.99. The lowest BCUT2D eigenvalue weighted by molar-refractivity contribution is 0.0982. The summed E-state index contributed by atoms with van der Waals surface area (Å²) in [7, 11) is 0. The van der Waals surface area contributed by atoms with Crippen molar-refractivity contribution in [3.8, 4) is 0 Å². The normalized spacial score (nSPS) is 10.1. The molecule has 0 atom stereocenters. The fourth-order valence-electron chi connectivity index (χ4n) is 1.19. The van der Waals surface area contributed by atoms with Crippen molar-refractivity contribution < 1.29 is 4.79 Å². The first-order chi connectivity index (χ1) is 6.99. The highest BCUT2D eigenvalue weighted by Crippen LogP contribution is 2.21. The molecular weight excluding hydrogens is 320 g/mol. The second-order valence-electron chi connectivity index (χ2n) is 3.54. The smallest absolute Gasteiger partial charge is 0.163 e. The van der Waals surface area contributed by atoms with Crippen LogP contribution in [0.5, 0.6) is 0 Å². The third-order valence-electron chi connectivity index (χ3n) is 1.96. The Balaban J connectivity index is 2.77. The lowest BCUT2D eigenvalue weighted by Gasteiger charge is -2.02. The Morgan fingerprint density at radius 2 is 1.73 bits per heavy atom. The Labute approximate surface area is 107 Å². The van der Waals surface area contributed by atoms with Crippen molar-refractivity contribution in [2.24, 2.45) is 0 Å². The van der Waals surface area contributed by atoms with Gasteiger partial charge in [-0.2, -0.15) is 0 Å². The molecule has 0 bridgehead atoms. The van der Waals surface area contributed by atoms with Gasteiger partial charge in [0.25, 0.3) is 0 Å². The Kier molecular flexibility index (Phi) is 4.74. The van der Waals surface area contributed by atoms with Gasteiger partial charge in [0.05, 0.1) is 0 Å². The van der Waals surface area contributed by atoms with Gasteiger partial charge in [0.2, 0.25) is 0 Å². The molecule has 1 rings (SSSR count). The van der Waals surface area contributed by atoms with Gasteiger partial charge in [-0.15, -0.1) is 6.58 Å².